The third-order valence-electron chi connectivity index (χ3n) is 4.43. The number of piperazine rings is 1. The smallest absolute Gasteiger partial charge is 0.405 e. The van der Waals surface area contributed by atoms with Crippen LogP contribution in [-0.4, -0.2) is 62.4 Å². The molecule has 1 atom stereocenters. The zero-order valence-corrected chi connectivity index (χ0v) is 16.1. The van der Waals surface area contributed by atoms with Crippen LogP contribution in [0.5, 0.6) is 5.75 Å². The summed E-state index contributed by atoms with van der Waals surface area (Å²) in [6.07, 6.45) is -4.44. The van der Waals surface area contributed by atoms with Crippen LogP contribution in [0, 0.1) is 0 Å². The summed E-state index contributed by atoms with van der Waals surface area (Å²) in [6, 6.07) is 5.80. The molecule has 1 aromatic carbocycles. The molecule has 2 N–H and O–H groups in total. The number of benzene rings is 1. The van der Waals surface area contributed by atoms with Crippen LogP contribution < -0.4 is 21.0 Å². The molecule has 0 saturated carbocycles. The van der Waals surface area contributed by atoms with Gasteiger partial charge in [-0.05, 0) is 18.2 Å². The van der Waals surface area contributed by atoms with Crippen molar-refractivity contribution < 1.29 is 27.1 Å². The van der Waals surface area contributed by atoms with Crippen molar-refractivity contribution >= 4 is 29.3 Å². The van der Waals surface area contributed by atoms with E-state index in [1.165, 1.54) is 17.0 Å². The van der Waals surface area contributed by atoms with Crippen LogP contribution in [0.2, 0.25) is 0 Å². The van der Waals surface area contributed by atoms with Gasteiger partial charge in [-0.3, -0.25) is 9.69 Å². The minimum absolute atomic E-state index is 0. The highest BCUT2D eigenvalue weighted by Crippen LogP contribution is 2.25. The molecule has 11 heteroatoms. The summed E-state index contributed by atoms with van der Waals surface area (Å²) >= 11 is 0. The van der Waals surface area contributed by atoms with Crippen LogP contribution in [-0.2, 0) is 4.79 Å². The summed E-state index contributed by atoms with van der Waals surface area (Å²) < 4.78 is 50.2. The van der Waals surface area contributed by atoms with Crippen molar-refractivity contribution in [1.29, 1.82) is 0 Å². The summed E-state index contributed by atoms with van der Waals surface area (Å²) in [4.78, 5) is 24.5. The van der Waals surface area contributed by atoms with Crippen LogP contribution in [0.4, 0.5) is 13.2 Å². The van der Waals surface area contributed by atoms with Crippen LogP contribution in [0.1, 0.15) is 0 Å². The lowest BCUT2D eigenvalue weighted by atomic mass is 10.2. The van der Waals surface area contributed by atoms with E-state index in [1.807, 2.05) is 0 Å². The van der Waals surface area contributed by atoms with Gasteiger partial charge >= 0.3 is 11.8 Å². The summed E-state index contributed by atoms with van der Waals surface area (Å²) in [6.45, 7) is 0.480. The maximum Gasteiger partial charge on any atom is 0.405 e. The zero-order valence-electron chi connectivity index (χ0n) is 15.3. The van der Waals surface area contributed by atoms with Gasteiger partial charge in [-0.2, -0.15) is 13.2 Å². The molecule has 160 valence electrons. The van der Waals surface area contributed by atoms with E-state index in [9.17, 15) is 22.8 Å². The van der Waals surface area contributed by atoms with Crippen molar-refractivity contribution in [3.63, 3.8) is 0 Å². The zero-order chi connectivity index (χ0) is 20.1. The van der Waals surface area contributed by atoms with Crippen molar-refractivity contribution in [1.82, 2.24) is 15.5 Å². The van der Waals surface area contributed by atoms with Gasteiger partial charge < -0.3 is 19.8 Å². The van der Waals surface area contributed by atoms with Gasteiger partial charge in [0.05, 0.1) is 0 Å². The number of rotatable bonds is 6. The van der Waals surface area contributed by atoms with Crippen LogP contribution in [0.15, 0.2) is 39.5 Å². The maximum absolute atomic E-state index is 13.3. The highest BCUT2D eigenvalue weighted by atomic mass is 35.5. The molecule has 0 aliphatic carbocycles. The first-order valence-electron chi connectivity index (χ1n) is 8.78. The fourth-order valence-electron chi connectivity index (χ4n) is 2.99. The number of carbonyl (C=O) groups is 1. The van der Waals surface area contributed by atoms with Crippen LogP contribution >= 0.6 is 12.4 Å². The SMILES string of the molecule is Cl.O=C(COc1ccc2ccc(=O)oc2c1)NCC(N1CCNCC1)C(F)(F)F. The van der Waals surface area contributed by atoms with Gasteiger partial charge in [-0.1, -0.05) is 0 Å². The highest BCUT2D eigenvalue weighted by molar-refractivity contribution is 5.85. The topological polar surface area (TPSA) is 83.8 Å². The Kier molecular flexibility index (Phi) is 7.88. The number of fused-ring (bicyclic) bond motifs is 1. The Morgan fingerprint density at radius 1 is 1.24 bits per heavy atom. The number of hydrogen-bond donors (Lipinski definition) is 2. The van der Waals surface area contributed by atoms with Crippen molar-refractivity contribution in [2.24, 2.45) is 0 Å². The van der Waals surface area contributed by atoms with E-state index >= 15 is 0 Å². The molecule has 2 aromatic rings. The molecule has 1 amide bonds. The minimum Gasteiger partial charge on any atom is -0.484 e. The van der Waals surface area contributed by atoms with E-state index in [0.29, 0.717) is 24.1 Å². The number of halogens is 4. The molecule has 29 heavy (non-hydrogen) atoms. The van der Waals surface area contributed by atoms with Crippen molar-refractivity contribution in [3.8, 4) is 5.75 Å². The average Bonchev–Trinajstić information content (AvgIpc) is 2.66. The average molecular weight is 436 g/mol. The van der Waals surface area contributed by atoms with Gasteiger partial charge in [0.15, 0.2) is 6.61 Å². The quantitative estimate of drug-likeness (QED) is 0.670. The van der Waals surface area contributed by atoms with Gasteiger partial charge in [-0.15, -0.1) is 12.4 Å². The number of amides is 1. The summed E-state index contributed by atoms with van der Waals surface area (Å²) in [5.41, 5.74) is -0.227. The minimum atomic E-state index is -4.44. The predicted octanol–water partition coefficient (Wildman–Crippen LogP) is 1.55. The first-order chi connectivity index (χ1) is 13.3. The second-order valence-electron chi connectivity index (χ2n) is 6.39. The molecule has 1 aliphatic rings. The molecule has 7 nitrogen and oxygen atoms in total. The Morgan fingerprint density at radius 2 is 1.93 bits per heavy atom. The molecule has 1 aromatic heterocycles. The number of ether oxygens (including phenoxy) is 1. The normalized spacial score (nSPS) is 16.1. The molecule has 0 bridgehead atoms. The molecule has 1 aliphatic heterocycles. The third kappa shape index (κ3) is 6.34. The molecular weight excluding hydrogens is 415 g/mol. The highest BCUT2D eigenvalue weighted by Gasteiger charge is 2.43. The molecule has 0 radical (unpaired) electrons. The fourth-order valence-corrected chi connectivity index (χ4v) is 2.99. The van der Waals surface area contributed by atoms with E-state index in [-0.39, 0.29) is 31.2 Å². The largest absolute Gasteiger partial charge is 0.484 e. The van der Waals surface area contributed by atoms with Gasteiger partial charge in [-0.25, -0.2) is 4.79 Å². The van der Waals surface area contributed by atoms with Gasteiger partial charge in [0.25, 0.3) is 5.91 Å². The molecule has 3 rings (SSSR count). The van der Waals surface area contributed by atoms with Crippen LogP contribution in [0.3, 0.4) is 0 Å². The second-order valence-corrected chi connectivity index (χ2v) is 6.39. The molecule has 2 heterocycles. The standard InChI is InChI=1S/C18H20F3N3O4.ClH/c19-18(20,21)15(24-7-5-22-6-8-24)10-23-16(25)11-27-13-3-1-12-2-4-17(26)28-14(12)9-13;/h1-4,9,15,22H,5-8,10-11H2,(H,23,25);1H. The molecule has 1 saturated heterocycles. The van der Waals surface area contributed by atoms with E-state index in [0.717, 1.165) is 0 Å². The van der Waals surface area contributed by atoms with E-state index in [4.69, 9.17) is 9.15 Å². The lowest BCUT2D eigenvalue weighted by Crippen LogP contribution is -2.57. The second kappa shape index (κ2) is 9.95. The van der Waals surface area contributed by atoms with Gasteiger partial charge in [0.2, 0.25) is 0 Å². The summed E-state index contributed by atoms with van der Waals surface area (Å²) in [5, 5.41) is 5.96. The Morgan fingerprint density at radius 3 is 2.62 bits per heavy atom. The van der Waals surface area contributed by atoms with Crippen LogP contribution in [0.25, 0.3) is 11.0 Å². The Labute approximate surface area is 170 Å². The van der Waals surface area contributed by atoms with E-state index in [1.54, 1.807) is 18.2 Å². The van der Waals surface area contributed by atoms with Gasteiger partial charge in [0.1, 0.15) is 17.4 Å². The Bertz CT molecular complexity index is 885. The molecule has 1 fully saturated rings. The van der Waals surface area contributed by atoms with Crippen molar-refractivity contribution in [2.45, 2.75) is 12.2 Å². The third-order valence-corrected chi connectivity index (χ3v) is 4.43. The van der Waals surface area contributed by atoms with Crippen molar-refractivity contribution in [2.75, 3.05) is 39.3 Å². The summed E-state index contributed by atoms with van der Waals surface area (Å²) in [5.74, 6) is -0.398. The Balaban J connectivity index is 0.00000300. The van der Waals surface area contributed by atoms with E-state index < -0.39 is 36.9 Å². The number of hydrogen-bond acceptors (Lipinski definition) is 6. The first-order valence-corrected chi connectivity index (χ1v) is 8.78. The monoisotopic (exact) mass is 435 g/mol. The summed E-state index contributed by atoms with van der Waals surface area (Å²) in [7, 11) is 0. The fraction of sp³-hybridized carbons (Fsp3) is 0.444. The predicted molar refractivity (Wildman–Crippen MR) is 103 cm³/mol. The Hall–Kier alpha value is -2.30. The number of nitrogens with one attached hydrogen (secondary N) is 2. The maximum atomic E-state index is 13.3. The number of alkyl halides is 3. The molecule has 0 spiro atoms. The van der Waals surface area contributed by atoms with E-state index in [2.05, 4.69) is 10.6 Å². The molecular formula is C18H21ClF3N3O4. The lowest BCUT2D eigenvalue weighted by Gasteiger charge is -2.35. The van der Waals surface area contributed by atoms with Gasteiger partial charge in [0, 0.05) is 50.2 Å². The number of nitrogens with zero attached hydrogens (tertiary/aromatic N) is 1. The molecule has 1 unspecified atom stereocenters. The van der Waals surface area contributed by atoms with Crippen molar-refractivity contribution in [3.05, 3.63) is 40.8 Å². The first kappa shape index (κ1) is 23.0. The number of carbonyl (C=O) groups excluding carboxylic acids is 1. The lowest BCUT2D eigenvalue weighted by molar-refractivity contribution is -0.184.